The molecule has 2 rings (SSSR count). The summed E-state index contributed by atoms with van der Waals surface area (Å²) in [6, 6.07) is 9.40. The van der Waals surface area contributed by atoms with E-state index in [0.717, 1.165) is 21.3 Å². The lowest BCUT2D eigenvalue weighted by Crippen LogP contribution is -2.01. The van der Waals surface area contributed by atoms with Crippen LogP contribution in [0.2, 0.25) is 15.1 Å². The molecule has 0 heterocycles. The number of hydrogen-bond donors (Lipinski definition) is 1. The van der Waals surface area contributed by atoms with E-state index in [0.29, 0.717) is 21.6 Å². The Kier molecular flexibility index (Phi) is 5.02. The van der Waals surface area contributed by atoms with Gasteiger partial charge >= 0.3 is 0 Å². The largest absolute Gasteiger partial charge is 0.380 e. The zero-order chi connectivity index (χ0) is 14.0. The molecule has 0 aromatic heterocycles. The minimum atomic E-state index is 0.581. The van der Waals surface area contributed by atoms with Crippen LogP contribution in [0.5, 0.6) is 0 Å². The molecule has 0 bridgehead atoms. The first kappa shape index (κ1) is 15.0. The van der Waals surface area contributed by atoms with E-state index < -0.39 is 0 Å². The molecule has 5 heteroatoms. The Morgan fingerprint density at radius 3 is 2.47 bits per heavy atom. The number of aryl methyl sites for hydroxylation is 1. The zero-order valence-corrected chi connectivity index (χ0v) is 14.0. The molecule has 1 nitrogen and oxygen atoms in total. The second kappa shape index (κ2) is 6.36. The molecule has 0 aliphatic carbocycles. The molecule has 0 aliphatic rings. The third kappa shape index (κ3) is 3.79. The maximum absolute atomic E-state index is 6.18. The Hall–Kier alpha value is -0.410. The lowest BCUT2D eigenvalue weighted by molar-refractivity contribution is 1.14. The van der Waals surface area contributed by atoms with E-state index in [4.69, 9.17) is 34.8 Å². The van der Waals surface area contributed by atoms with Crippen LogP contribution >= 0.6 is 50.7 Å². The first-order valence-corrected chi connectivity index (χ1v) is 7.53. The van der Waals surface area contributed by atoms with Crippen molar-refractivity contribution < 1.29 is 0 Å². The van der Waals surface area contributed by atoms with Crippen LogP contribution < -0.4 is 5.32 Å². The highest BCUT2D eigenvalue weighted by Gasteiger charge is 2.06. The molecule has 0 fully saturated rings. The lowest BCUT2D eigenvalue weighted by Gasteiger charge is -2.11. The number of rotatable bonds is 3. The van der Waals surface area contributed by atoms with Crippen molar-refractivity contribution in [2.24, 2.45) is 0 Å². The summed E-state index contributed by atoms with van der Waals surface area (Å²) in [6.45, 7) is 2.50. The monoisotopic (exact) mass is 377 g/mol. The van der Waals surface area contributed by atoms with Crippen molar-refractivity contribution in [3.63, 3.8) is 0 Å². The summed E-state index contributed by atoms with van der Waals surface area (Å²) in [5, 5.41) is 5.29. The number of hydrogen-bond acceptors (Lipinski definition) is 1. The van der Waals surface area contributed by atoms with Crippen molar-refractivity contribution in [3.8, 4) is 0 Å². The number of anilines is 1. The molecule has 2 aromatic rings. The van der Waals surface area contributed by atoms with Crippen LogP contribution in [-0.4, -0.2) is 0 Å². The third-order valence-electron chi connectivity index (χ3n) is 2.73. The van der Waals surface area contributed by atoms with E-state index in [9.17, 15) is 0 Å². The average molecular weight is 380 g/mol. The first-order chi connectivity index (χ1) is 8.97. The van der Waals surface area contributed by atoms with E-state index in [2.05, 4.69) is 21.2 Å². The molecule has 0 spiro atoms. The fourth-order valence-corrected chi connectivity index (χ4v) is 2.69. The highest BCUT2D eigenvalue weighted by atomic mass is 79.9. The normalized spacial score (nSPS) is 10.6. The Morgan fingerprint density at radius 1 is 1.00 bits per heavy atom. The maximum Gasteiger partial charge on any atom is 0.0641 e. The van der Waals surface area contributed by atoms with Crippen molar-refractivity contribution in [1.82, 2.24) is 0 Å². The smallest absolute Gasteiger partial charge is 0.0641 e. The van der Waals surface area contributed by atoms with Gasteiger partial charge < -0.3 is 5.32 Å². The number of halogens is 4. The Balaban J connectivity index is 2.19. The average Bonchev–Trinajstić information content (AvgIpc) is 2.36. The standard InChI is InChI=1S/C14H11BrCl3N/c1-8-4-13(18)14(6-12(8)17)19-7-9-5-10(15)2-3-11(9)16/h2-6,19H,7H2,1H3. The molecule has 0 radical (unpaired) electrons. The van der Waals surface area contributed by atoms with Gasteiger partial charge in [-0.25, -0.2) is 0 Å². The van der Waals surface area contributed by atoms with Gasteiger partial charge in [0.15, 0.2) is 0 Å². The van der Waals surface area contributed by atoms with E-state index in [1.54, 1.807) is 0 Å². The summed E-state index contributed by atoms with van der Waals surface area (Å²) in [7, 11) is 0. The van der Waals surface area contributed by atoms with Crippen molar-refractivity contribution >= 4 is 56.4 Å². The van der Waals surface area contributed by atoms with Crippen LogP contribution in [0.4, 0.5) is 5.69 Å². The van der Waals surface area contributed by atoms with Crippen molar-refractivity contribution in [2.75, 3.05) is 5.32 Å². The number of nitrogens with one attached hydrogen (secondary N) is 1. The molecule has 2 aromatic carbocycles. The molecular weight excluding hydrogens is 368 g/mol. The van der Waals surface area contributed by atoms with Gasteiger partial charge in [0.1, 0.15) is 0 Å². The van der Waals surface area contributed by atoms with Gasteiger partial charge in [0.25, 0.3) is 0 Å². The van der Waals surface area contributed by atoms with Gasteiger partial charge in [-0.2, -0.15) is 0 Å². The van der Waals surface area contributed by atoms with Crippen LogP contribution in [0.15, 0.2) is 34.8 Å². The molecule has 0 saturated carbocycles. The summed E-state index contributed by atoms with van der Waals surface area (Å²) in [5.74, 6) is 0. The predicted octanol–water partition coefficient (Wildman–Crippen LogP) is 6.33. The van der Waals surface area contributed by atoms with Crippen LogP contribution in [-0.2, 0) is 6.54 Å². The molecule has 0 unspecified atom stereocenters. The predicted molar refractivity (Wildman–Crippen MR) is 87.7 cm³/mol. The molecule has 0 amide bonds. The maximum atomic E-state index is 6.18. The van der Waals surface area contributed by atoms with Crippen LogP contribution in [0.1, 0.15) is 11.1 Å². The van der Waals surface area contributed by atoms with Gasteiger partial charge in [0.2, 0.25) is 0 Å². The van der Waals surface area contributed by atoms with Gasteiger partial charge in [0, 0.05) is 21.1 Å². The molecule has 19 heavy (non-hydrogen) atoms. The molecule has 0 aliphatic heterocycles. The molecule has 100 valence electrons. The van der Waals surface area contributed by atoms with Gasteiger partial charge in [-0.1, -0.05) is 50.7 Å². The topological polar surface area (TPSA) is 12.0 Å². The summed E-state index contributed by atoms with van der Waals surface area (Å²) in [6.07, 6.45) is 0. The summed E-state index contributed by atoms with van der Waals surface area (Å²) in [4.78, 5) is 0. The molecule has 0 atom stereocenters. The van der Waals surface area contributed by atoms with Gasteiger partial charge in [-0.15, -0.1) is 0 Å². The zero-order valence-electron chi connectivity index (χ0n) is 10.1. The van der Waals surface area contributed by atoms with Crippen molar-refractivity contribution in [2.45, 2.75) is 13.5 Å². The quantitative estimate of drug-likeness (QED) is 0.657. The van der Waals surface area contributed by atoms with Crippen LogP contribution in [0.3, 0.4) is 0 Å². The first-order valence-electron chi connectivity index (χ1n) is 5.61. The van der Waals surface area contributed by atoms with E-state index in [1.807, 2.05) is 37.3 Å². The third-order valence-corrected chi connectivity index (χ3v) is 4.31. The molecule has 0 saturated heterocycles. The minimum absolute atomic E-state index is 0.581. The van der Waals surface area contributed by atoms with Gasteiger partial charge in [-0.05, 0) is 48.4 Å². The Labute approximate surface area is 136 Å². The Morgan fingerprint density at radius 2 is 1.74 bits per heavy atom. The summed E-state index contributed by atoms with van der Waals surface area (Å²) in [5.41, 5.74) is 2.75. The second-order valence-corrected chi connectivity index (χ2v) is 6.31. The van der Waals surface area contributed by atoms with Crippen molar-refractivity contribution in [3.05, 3.63) is 61.0 Å². The van der Waals surface area contributed by atoms with E-state index in [1.165, 1.54) is 0 Å². The van der Waals surface area contributed by atoms with E-state index in [-0.39, 0.29) is 0 Å². The molecule has 1 N–H and O–H groups in total. The Bertz CT molecular complexity index is 614. The fourth-order valence-electron chi connectivity index (χ4n) is 1.65. The van der Waals surface area contributed by atoms with Gasteiger partial charge in [0.05, 0.1) is 10.7 Å². The van der Waals surface area contributed by atoms with Crippen LogP contribution in [0.25, 0.3) is 0 Å². The molecular formula is C14H11BrCl3N. The highest BCUT2D eigenvalue weighted by molar-refractivity contribution is 9.10. The van der Waals surface area contributed by atoms with Crippen LogP contribution in [0, 0.1) is 6.92 Å². The number of benzene rings is 2. The SMILES string of the molecule is Cc1cc(Cl)c(NCc2cc(Br)ccc2Cl)cc1Cl. The fraction of sp³-hybridized carbons (Fsp3) is 0.143. The second-order valence-electron chi connectivity index (χ2n) is 4.17. The van der Waals surface area contributed by atoms with Crippen molar-refractivity contribution in [1.29, 1.82) is 0 Å². The summed E-state index contributed by atoms with van der Waals surface area (Å²) >= 11 is 21.8. The highest BCUT2D eigenvalue weighted by Crippen LogP contribution is 2.30. The minimum Gasteiger partial charge on any atom is -0.380 e. The van der Waals surface area contributed by atoms with Gasteiger partial charge in [-0.3, -0.25) is 0 Å². The van der Waals surface area contributed by atoms with E-state index >= 15 is 0 Å². The summed E-state index contributed by atoms with van der Waals surface area (Å²) < 4.78 is 0.988. The lowest BCUT2D eigenvalue weighted by atomic mass is 10.2.